The van der Waals surface area contributed by atoms with E-state index in [1.807, 2.05) is 37.3 Å². The van der Waals surface area contributed by atoms with E-state index in [4.69, 9.17) is 0 Å². The minimum Gasteiger partial charge on any atom is -0.293 e. The minimum absolute atomic E-state index is 0.486. The van der Waals surface area contributed by atoms with Crippen molar-refractivity contribution in [1.29, 1.82) is 0 Å². The quantitative estimate of drug-likeness (QED) is 0.661. The summed E-state index contributed by atoms with van der Waals surface area (Å²) in [4.78, 5) is 15.3. The minimum atomic E-state index is -4.50. The highest BCUT2D eigenvalue weighted by atomic mass is 32.1. The second-order valence-corrected chi connectivity index (χ2v) is 7.78. The molecule has 1 aliphatic rings. The van der Waals surface area contributed by atoms with E-state index in [2.05, 4.69) is 19.9 Å². The number of alkyl halides is 3. The summed E-state index contributed by atoms with van der Waals surface area (Å²) >= 11 is 1.66. The Morgan fingerprint density at radius 2 is 1.93 bits per heavy atom. The van der Waals surface area contributed by atoms with Crippen LogP contribution in [0.25, 0.3) is 11.3 Å². The molecule has 2 aromatic heterocycles. The summed E-state index contributed by atoms with van der Waals surface area (Å²) in [6, 6.07) is 10.0. The molecular weight excluding hydrogens is 373 g/mol. The molecule has 0 atom stereocenters. The zero-order valence-corrected chi connectivity index (χ0v) is 15.4. The van der Waals surface area contributed by atoms with Crippen molar-refractivity contribution in [2.24, 2.45) is 0 Å². The van der Waals surface area contributed by atoms with Crippen LogP contribution in [-0.4, -0.2) is 26.4 Å². The maximum atomic E-state index is 12.8. The van der Waals surface area contributed by atoms with Crippen molar-refractivity contribution in [2.45, 2.75) is 32.6 Å². The highest BCUT2D eigenvalue weighted by Gasteiger charge is 2.35. The molecule has 8 heteroatoms. The molecule has 0 bridgehead atoms. The normalized spacial score (nSPS) is 15.0. The predicted molar refractivity (Wildman–Crippen MR) is 97.1 cm³/mol. The summed E-state index contributed by atoms with van der Waals surface area (Å²) in [5.74, 6) is -1.06. The number of nitrogens with zero attached hydrogens (tertiary/aromatic N) is 4. The summed E-state index contributed by atoms with van der Waals surface area (Å²) in [5, 5.41) is 0.999. The van der Waals surface area contributed by atoms with Crippen molar-refractivity contribution < 1.29 is 13.2 Å². The van der Waals surface area contributed by atoms with E-state index < -0.39 is 12.0 Å². The predicted octanol–water partition coefficient (Wildman–Crippen LogP) is 4.49. The molecule has 0 spiro atoms. The van der Waals surface area contributed by atoms with Crippen molar-refractivity contribution in [3.05, 3.63) is 63.5 Å². The van der Waals surface area contributed by atoms with Gasteiger partial charge in [-0.1, -0.05) is 30.3 Å². The molecule has 0 unspecified atom stereocenters. The van der Waals surface area contributed by atoms with Gasteiger partial charge in [-0.2, -0.15) is 13.2 Å². The molecule has 0 saturated carbocycles. The van der Waals surface area contributed by atoms with Crippen LogP contribution in [0.1, 0.15) is 27.0 Å². The van der Waals surface area contributed by atoms with Crippen molar-refractivity contribution in [1.82, 2.24) is 19.9 Å². The zero-order chi connectivity index (χ0) is 19.0. The zero-order valence-electron chi connectivity index (χ0n) is 14.6. The van der Waals surface area contributed by atoms with Gasteiger partial charge in [0, 0.05) is 48.3 Å². The maximum Gasteiger partial charge on any atom is 0.451 e. The largest absolute Gasteiger partial charge is 0.451 e. The van der Waals surface area contributed by atoms with Gasteiger partial charge < -0.3 is 0 Å². The molecular formula is C19H17F3N4S. The van der Waals surface area contributed by atoms with Crippen LogP contribution in [0.2, 0.25) is 0 Å². The molecule has 140 valence electrons. The molecule has 0 N–H and O–H groups in total. The van der Waals surface area contributed by atoms with E-state index in [1.165, 1.54) is 6.20 Å². The fraction of sp³-hybridized carbons (Fsp3) is 0.316. The molecule has 27 heavy (non-hydrogen) atoms. The monoisotopic (exact) mass is 390 g/mol. The van der Waals surface area contributed by atoms with E-state index in [1.54, 1.807) is 11.3 Å². The van der Waals surface area contributed by atoms with Gasteiger partial charge in [-0.25, -0.2) is 15.0 Å². The third kappa shape index (κ3) is 3.86. The molecule has 1 aliphatic heterocycles. The van der Waals surface area contributed by atoms with Crippen LogP contribution in [0.4, 0.5) is 13.2 Å². The molecule has 4 rings (SSSR count). The van der Waals surface area contributed by atoms with E-state index in [-0.39, 0.29) is 0 Å². The van der Waals surface area contributed by atoms with Crippen LogP contribution in [0.5, 0.6) is 0 Å². The third-order valence-electron chi connectivity index (χ3n) is 4.49. The summed E-state index contributed by atoms with van der Waals surface area (Å²) < 4.78 is 38.4. The lowest BCUT2D eigenvalue weighted by Gasteiger charge is -2.27. The van der Waals surface area contributed by atoms with Crippen LogP contribution >= 0.6 is 11.3 Å². The highest BCUT2D eigenvalue weighted by Crippen LogP contribution is 2.31. The smallest absolute Gasteiger partial charge is 0.293 e. The van der Waals surface area contributed by atoms with Crippen molar-refractivity contribution in [3.8, 4) is 11.3 Å². The van der Waals surface area contributed by atoms with Gasteiger partial charge in [-0.15, -0.1) is 11.3 Å². The topological polar surface area (TPSA) is 41.9 Å². The molecule has 0 saturated heterocycles. The maximum absolute atomic E-state index is 12.8. The molecule has 0 amide bonds. The van der Waals surface area contributed by atoms with E-state index in [0.717, 1.165) is 26.7 Å². The SMILES string of the molecule is Cc1nc(-c2ccccc2)c(CN2CCc3nc(C(F)(F)F)ncc3C2)s1. The molecule has 0 aliphatic carbocycles. The fourth-order valence-electron chi connectivity index (χ4n) is 3.25. The number of hydrogen-bond donors (Lipinski definition) is 0. The van der Waals surface area contributed by atoms with Crippen LogP contribution in [0, 0.1) is 6.92 Å². The second-order valence-electron chi connectivity index (χ2n) is 6.49. The summed E-state index contributed by atoms with van der Waals surface area (Å²) in [6.45, 7) is 3.89. The van der Waals surface area contributed by atoms with E-state index in [0.29, 0.717) is 31.7 Å². The van der Waals surface area contributed by atoms with Gasteiger partial charge in [-0.3, -0.25) is 4.90 Å². The number of fused-ring (bicyclic) bond motifs is 1. The standard InChI is InChI=1S/C19H17F3N4S/c1-12-24-17(13-5-3-2-4-6-13)16(27-12)11-26-8-7-15-14(10-26)9-23-18(25-15)19(20,21)22/h2-6,9H,7-8,10-11H2,1H3. The van der Waals surface area contributed by atoms with Crippen LogP contribution in [0.15, 0.2) is 36.5 Å². The lowest BCUT2D eigenvalue weighted by atomic mass is 10.1. The van der Waals surface area contributed by atoms with Crippen LogP contribution in [0.3, 0.4) is 0 Å². The first-order valence-electron chi connectivity index (χ1n) is 8.56. The van der Waals surface area contributed by atoms with Gasteiger partial charge in [-0.05, 0) is 6.92 Å². The first-order chi connectivity index (χ1) is 12.9. The summed E-state index contributed by atoms with van der Waals surface area (Å²) in [7, 11) is 0. The average molecular weight is 390 g/mol. The molecule has 3 aromatic rings. The Kier molecular flexibility index (Phi) is 4.69. The number of aromatic nitrogens is 3. The van der Waals surface area contributed by atoms with Gasteiger partial charge in [0.2, 0.25) is 5.82 Å². The number of thiazole rings is 1. The Labute approximate surface area is 158 Å². The fourth-order valence-corrected chi connectivity index (χ4v) is 4.25. The first-order valence-corrected chi connectivity index (χ1v) is 9.38. The molecule has 1 aromatic carbocycles. The second kappa shape index (κ2) is 7.01. The Bertz CT molecular complexity index is 953. The molecule has 0 radical (unpaired) electrons. The first kappa shape index (κ1) is 18.1. The Morgan fingerprint density at radius 3 is 2.67 bits per heavy atom. The molecule has 3 heterocycles. The van der Waals surface area contributed by atoms with Crippen molar-refractivity contribution in [2.75, 3.05) is 6.54 Å². The number of benzene rings is 1. The Hall–Kier alpha value is -2.32. The Morgan fingerprint density at radius 1 is 1.15 bits per heavy atom. The summed E-state index contributed by atoms with van der Waals surface area (Å²) in [6.07, 6.45) is -2.70. The van der Waals surface area contributed by atoms with Crippen LogP contribution < -0.4 is 0 Å². The molecule has 0 fully saturated rings. The van der Waals surface area contributed by atoms with Gasteiger partial charge in [0.05, 0.1) is 16.4 Å². The number of rotatable bonds is 3. The highest BCUT2D eigenvalue weighted by molar-refractivity contribution is 7.12. The third-order valence-corrected chi connectivity index (χ3v) is 5.44. The lowest BCUT2D eigenvalue weighted by molar-refractivity contribution is -0.145. The van der Waals surface area contributed by atoms with E-state index >= 15 is 0 Å². The van der Waals surface area contributed by atoms with Crippen molar-refractivity contribution in [3.63, 3.8) is 0 Å². The van der Waals surface area contributed by atoms with Gasteiger partial charge >= 0.3 is 6.18 Å². The Balaban J connectivity index is 1.55. The van der Waals surface area contributed by atoms with Gasteiger partial charge in [0.15, 0.2) is 0 Å². The van der Waals surface area contributed by atoms with E-state index in [9.17, 15) is 13.2 Å². The number of halogens is 3. The number of aryl methyl sites for hydroxylation is 1. The molecule has 4 nitrogen and oxygen atoms in total. The van der Waals surface area contributed by atoms with Gasteiger partial charge in [0.25, 0.3) is 0 Å². The summed E-state index contributed by atoms with van der Waals surface area (Å²) in [5.41, 5.74) is 3.31. The van der Waals surface area contributed by atoms with Crippen LogP contribution in [-0.2, 0) is 25.7 Å². The number of hydrogen-bond acceptors (Lipinski definition) is 5. The van der Waals surface area contributed by atoms with Crippen molar-refractivity contribution >= 4 is 11.3 Å². The lowest BCUT2D eigenvalue weighted by Crippen LogP contribution is -2.31. The van der Waals surface area contributed by atoms with Gasteiger partial charge in [0.1, 0.15) is 0 Å². The average Bonchev–Trinajstić information content (AvgIpc) is 3.01.